The van der Waals surface area contributed by atoms with Crippen LogP contribution in [0.4, 0.5) is 18.0 Å². The molecule has 5 nitrogen and oxygen atoms in total. The normalized spacial score (nSPS) is 21.1. The molecule has 1 atom stereocenters. The van der Waals surface area contributed by atoms with Gasteiger partial charge in [0.1, 0.15) is 5.75 Å². The average Bonchev–Trinajstić information content (AvgIpc) is 3.11. The van der Waals surface area contributed by atoms with Crippen LogP contribution in [0.2, 0.25) is 0 Å². The molecular formula is C21H30F3N3O2. The Balaban J connectivity index is 1.36. The maximum Gasteiger partial charge on any atom is 0.401 e. The van der Waals surface area contributed by atoms with E-state index in [-0.39, 0.29) is 18.1 Å². The van der Waals surface area contributed by atoms with Gasteiger partial charge in [0.15, 0.2) is 0 Å². The van der Waals surface area contributed by atoms with E-state index in [4.69, 9.17) is 4.74 Å². The van der Waals surface area contributed by atoms with E-state index in [0.29, 0.717) is 32.6 Å². The number of ether oxygens (including phenoxy) is 1. The van der Waals surface area contributed by atoms with Gasteiger partial charge in [-0.1, -0.05) is 18.6 Å². The zero-order valence-corrected chi connectivity index (χ0v) is 16.6. The first-order valence-electron chi connectivity index (χ1n) is 10.4. The molecule has 3 rings (SSSR count). The molecule has 2 fully saturated rings. The minimum Gasteiger partial charge on any atom is -0.490 e. The smallest absolute Gasteiger partial charge is 0.401 e. The predicted molar refractivity (Wildman–Crippen MR) is 105 cm³/mol. The molecule has 2 aliphatic rings. The second-order valence-corrected chi connectivity index (χ2v) is 8.09. The van der Waals surface area contributed by atoms with Crippen LogP contribution in [0, 0.1) is 5.92 Å². The van der Waals surface area contributed by atoms with E-state index in [1.165, 1.54) is 24.2 Å². The van der Waals surface area contributed by atoms with Crippen LogP contribution in [0.15, 0.2) is 24.3 Å². The summed E-state index contributed by atoms with van der Waals surface area (Å²) in [7, 11) is 0. The lowest BCUT2D eigenvalue weighted by atomic mass is 9.98. The molecule has 2 N–H and O–H groups in total. The average molecular weight is 413 g/mol. The fraction of sp³-hybridized carbons (Fsp3) is 0.667. The first-order valence-corrected chi connectivity index (χ1v) is 10.4. The van der Waals surface area contributed by atoms with E-state index in [1.807, 2.05) is 24.3 Å². The molecule has 0 radical (unpaired) electrons. The Morgan fingerprint density at radius 1 is 1.14 bits per heavy atom. The van der Waals surface area contributed by atoms with Gasteiger partial charge in [0.25, 0.3) is 0 Å². The number of carbonyl (C=O) groups excluding carboxylic acids is 1. The number of rotatable bonds is 7. The van der Waals surface area contributed by atoms with Crippen LogP contribution in [-0.2, 0) is 6.54 Å². The number of halogens is 3. The largest absolute Gasteiger partial charge is 0.490 e. The van der Waals surface area contributed by atoms with Crippen molar-refractivity contribution in [2.24, 2.45) is 5.92 Å². The highest BCUT2D eigenvalue weighted by atomic mass is 19.4. The highest BCUT2D eigenvalue weighted by Gasteiger charge is 2.34. The summed E-state index contributed by atoms with van der Waals surface area (Å²) in [5.74, 6) is 0.877. The van der Waals surface area contributed by atoms with Crippen LogP contribution >= 0.6 is 0 Å². The third-order valence-corrected chi connectivity index (χ3v) is 5.53. The highest BCUT2D eigenvalue weighted by molar-refractivity contribution is 5.73. The lowest BCUT2D eigenvalue weighted by Crippen LogP contribution is -2.39. The summed E-state index contributed by atoms with van der Waals surface area (Å²) in [5.41, 5.74) is 0.950. The zero-order valence-electron chi connectivity index (χ0n) is 16.6. The van der Waals surface area contributed by atoms with Gasteiger partial charge < -0.3 is 15.4 Å². The fourth-order valence-corrected chi connectivity index (χ4v) is 4.06. The van der Waals surface area contributed by atoms with Crippen molar-refractivity contribution in [2.45, 2.75) is 57.3 Å². The third kappa shape index (κ3) is 7.76. The quantitative estimate of drug-likeness (QED) is 0.708. The van der Waals surface area contributed by atoms with Crippen molar-refractivity contribution in [3.8, 4) is 5.75 Å². The molecule has 1 heterocycles. The Labute approximate surface area is 170 Å². The van der Waals surface area contributed by atoms with Gasteiger partial charge in [0, 0.05) is 19.6 Å². The van der Waals surface area contributed by atoms with Crippen molar-refractivity contribution in [1.82, 2.24) is 15.5 Å². The third-order valence-electron chi connectivity index (χ3n) is 5.53. The Kier molecular flexibility index (Phi) is 7.64. The second-order valence-electron chi connectivity index (χ2n) is 8.09. The van der Waals surface area contributed by atoms with Gasteiger partial charge >= 0.3 is 12.2 Å². The van der Waals surface area contributed by atoms with Gasteiger partial charge in [0.05, 0.1) is 12.6 Å². The summed E-state index contributed by atoms with van der Waals surface area (Å²) in [6.07, 6.45) is 2.64. The van der Waals surface area contributed by atoms with Gasteiger partial charge in [-0.2, -0.15) is 13.2 Å². The molecule has 1 saturated heterocycles. The number of urea groups is 1. The van der Waals surface area contributed by atoms with Crippen molar-refractivity contribution >= 4 is 6.03 Å². The van der Waals surface area contributed by atoms with Gasteiger partial charge in [-0.15, -0.1) is 0 Å². The monoisotopic (exact) mass is 413 g/mol. The van der Waals surface area contributed by atoms with E-state index in [1.54, 1.807) is 0 Å². The number of hydrogen-bond acceptors (Lipinski definition) is 3. The molecule has 8 heteroatoms. The topological polar surface area (TPSA) is 53.6 Å². The van der Waals surface area contributed by atoms with Crippen LogP contribution < -0.4 is 15.4 Å². The summed E-state index contributed by atoms with van der Waals surface area (Å²) in [4.78, 5) is 13.4. The molecule has 1 unspecified atom stereocenters. The minimum absolute atomic E-state index is 0.0512. The van der Waals surface area contributed by atoms with Crippen LogP contribution in [0.5, 0.6) is 5.75 Å². The Hall–Kier alpha value is -1.96. The maximum absolute atomic E-state index is 12.4. The molecular weight excluding hydrogens is 383 g/mol. The number of likely N-dealkylation sites (tertiary alicyclic amines) is 1. The number of nitrogens with one attached hydrogen (secondary N) is 2. The van der Waals surface area contributed by atoms with E-state index in [9.17, 15) is 18.0 Å². The lowest BCUT2D eigenvalue weighted by molar-refractivity contribution is -0.143. The van der Waals surface area contributed by atoms with E-state index in [0.717, 1.165) is 24.2 Å². The number of carbonyl (C=O) groups is 1. The molecule has 0 aromatic heterocycles. The van der Waals surface area contributed by atoms with Crippen LogP contribution in [0.25, 0.3) is 0 Å². The molecule has 0 spiro atoms. The Morgan fingerprint density at radius 2 is 1.93 bits per heavy atom. The Bertz CT molecular complexity index is 663. The number of amides is 2. The van der Waals surface area contributed by atoms with Crippen LogP contribution in [-0.4, -0.2) is 49.4 Å². The molecule has 1 saturated carbocycles. The van der Waals surface area contributed by atoms with Gasteiger partial charge in [-0.3, -0.25) is 4.90 Å². The van der Waals surface area contributed by atoms with E-state index >= 15 is 0 Å². The van der Waals surface area contributed by atoms with Crippen molar-refractivity contribution in [3.05, 3.63) is 29.8 Å². The Morgan fingerprint density at radius 3 is 2.69 bits per heavy atom. The fourth-order valence-electron chi connectivity index (χ4n) is 4.06. The summed E-state index contributed by atoms with van der Waals surface area (Å²) in [6, 6.07) is 7.42. The van der Waals surface area contributed by atoms with Crippen molar-refractivity contribution < 1.29 is 22.7 Å². The number of hydrogen-bond donors (Lipinski definition) is 2. The SMILES string of the molecule is O=C(NCc1cccc(OC2CCCCC2)c1)NCC1CCN(CC(F)(F)F)C1. The summed E-state index contributed by atoms with van der Waals surface area (Å²) < 4.78 is 43.4. The zero-order chi connectivity index (χ0) is 20.7. The second kappa shape index (κ2) is 10.2. The molecule has 162 valence electrons. The number of alkyl halides is 3. The summed E-state index contributed by atoms with van der Waals surface area (Å²) >= 11 is 0. The van der Waals surface area contributed by atoms with Crippen LogP contribution in [0.3, 0.4) is 0 Å². The predicted octanol–water partition coefficient (Wildman–Crippen LogP) is 4.08. The van der Waals surface area contributed by atoms with Crippen molar-refractivity contribution in [1.29, 1.82) is 0 Å². The van der Waals surface area contributed by atoms with Crippen LogP contribution in [0.1, 0.15) is 44.1 Å². The highest BCUT2D eigenvalue weighted by Crippen LogP contribution is 2.24. The molecule has 29 heavy (non-hydrogen) atoms. The van der Waals surface area contributed by atoms with Gasteiger partial charge in [-0.05, 0) is 62.3 Å². The van der Waals surface area contributed by atoms with Crippen molar-refractivity contribution in [2.75, 3.05) is 26.2 Å². The molecule has 0 bridgehead atoms. The number of benzene rings is 1. The molecule has 1 aromatic carbocycles. The van der Waals surface area contributed by atoms with Gasteiger partial charge in [0.2, 0.25) is 0 Å². The summed E-state index contributed by atoms with van der Waals surface area (Å²) in [6.45, 7) is 0.653. The molecule has 1 aromatic rings. The standard InChI is InChI=1S/C21H30F3N3O2/c22-21(23,24)15-27-10-9-17(14-27)13-26-20(28)25-12-16-5-4-8-19(11-16)29-18-6-2-1-3-7-18/h4-5,8,11,17-18H,1-3,6-7,9-10,12-15H2,(H2,25,26,28). The first kappa shape index (κ1) is 21.7. The summed E-state index contributed by atoms with van der Waals surface area (Å²) in [5, 5.41) is 5.57. The first-order chi connectivity index (χ1) is 13.9. The molecule has 1 aliphatic carbocycles. The van der Waals surface area contributed by atoms with Gasteiger partial charge in [-0.25, -0.2) is 4.79 Å². The van der Waals surface area contributed by atoms with Crippen molar-refractivity contribution in [3.63, 3.8) is 0 Å². The molecule has 2 amide bonds. The van der Waals surface area contributed by atoms with E-state index in [2.05, 4.69) is 10.6 Å². The lowest BCUT2D eigenvalue weighted by Gasteiger charge is -2.23. The minimum atomic E-state index is -4.17. The number of nitrogens with zero attached hydrogens (tertiary/aromatic N) is 1. The van der Waals surface area contributed by atoms with E-state index < -0.39 is 12.7 Å². The maximum atomic E-state index is 12.4. The molecule has 1 aliphatic heterocycles.